The highest BCUT2D eigenvalue weighted by Gasteiger charge is 2.30. The van der Waals surface area contributed by atoms with Crippen LogP contribution >= 0.6 is 0 Å². The molecule has 0 unspecified atom stereocenters. The molecule has 0 saturated heterocycles. The van der Waals surface area contributed by atoms with Crippen LogP contribution in [0.2, 0.25) is 0 Å². The van der Waals surface area contributed by atoms with Gasteiger partial charge in [-0.05, 0) is 35.9 Å². The van der Waals surface area contributed by atoms with Crippen LogP contribution in [0.1, 0.15) is 23.5 Å². The fourth-order valence-electron chi connectivity index (χ4n) is 4.01. The van der Waals surface area contributed by atoms with Crippen LogP contribution in [0.15, 0.2) is 57.7 Å². The second-order valence-corrected chi connectivity index (χ2v) is 7.95. The molecule has 0 saturated carbocycles. The van der Waals surface area contributed by atoms with E-state index in [9.17, 15) is 35.1 Å². The monoisotopic (exact) mass is 494 g/mol. The maximum Gasteiger partial charge on any atom is 0.306 e. The van der Waals surface area contributed by atoms with Crippen molar-refractivity contribution in [2.75, 3.05) is 14.2 Å². The topological polar surface area (TPSA) is 167 Å². The van der Waals surface area contributed by atoms with Gasteiger partial charge >= 0.3 is 5.97 Å². The largest absolute Gasteiger partial charge is 0.507 e. The molecule has 10 heteroatoms. The average molecular weight is 494 g/mol. The highest BCUT2D eigenvalue weighted by Crippen LogP contribution is 2.45. The molecule has 1 heterocycles. The van der Waals surface area contributed by atoms with E-state index in [-0.39, 0.29) is 28.9 Å². The fraction of sp³-hybridized carbons (Fsp3) is 0.154. The van der Waals surface area contributed by atoms with Gasteiger partial charge in [0.2, 0.25) is 11.2 Å². The molecular weight excluding hydrogens is 472 g/mol. The van der Waals surface area contributed by atoms with Crippen LogP contribution in [-0.4, -0.2) is 45.7 Å². The molecular formula is C26H22O10. The van der Waals surface area contributed by atoms with Crippen molar-refractivity contribution < 1.29 is 44.2 Å². The van der Waals surface area contributed by atoms with Gasteiger partial charge < -0.3 is 39.4 Å². The van der Waals surface area contributed by atoms with Crippen LogP contribution in [0, 0.1) is 0 Å². The molecule has 36 heavy (non-hydrogen) atoms. The zero-order valence-electron chi connectivity index (χ0n) is 19.2. The Balaban J connectivity index is 2.06. The van der Waals surface area contributed by atoms with Gasteiger partial charge in [-0.3, -0.25) is 9.59 Å². The Morgan fingerprint density at radius 1 is 0.889 bits per heavy atom. The lowest BCUT2D eigenvalue weighted by Crippen LogP contribution is -2.12. The van der Waals surface area contributed by atoms with Crippen molar-refractivity contribution in [1.29, 1.82) is 0 Å². The number of ether oxygens (including phenoxy) is 2. The summed E-state index contributed by atoms with van der Waals surface area (Å²) in [5.74, 6) is -4.33. The summed E-state index contributed by atoms with van der Waals surface area (Å²) in [7, 11) is 2.69. The molecule has 10 nitrogen and oxygen atoms in total. The zero-order valence-corrected chi connectivity index (χ0v) is 19.2. The summed E-state index contributed by atoms with van der Waals surface area (Å²) in [5, 5.41) is 51.0. The Bertz CT molecular complexity index is 1520. The minimum absolute atomic E-state index is 0.0142. The Morgan fingerprint density at radius 2 is 1.58 bits per heavy atom. The number of rotatable bonds is 6. The van der Waals surface area contributed by atoms with Gasteiger partial charge in [0.25, 0.3) is 0 Å². The molecule has 1 aromatic heterocycles. The lowest BCUT2D eigenvalue weighted by Gasteiger charge is -2.20. The maximum atomic E-state index is 13.1. The normalized spacial score (nSPS) is 11.8. The van der Waals surface area contributed by atoms with Gasteiger partial charge in [-0.15, -0.1) is 0 Å². The number of phenolic OH excluding ortho intramolecular Hbond substituents is 4. The first-order valence-corrected chi connectivity index (χ1v) is 10.6. The summed E-state index contributed by atoms with van der Waals surface area (Å²) in [6.45, 7) is 0. The molecule has 3 aromatic carbocycles. The van der Waals surface area contributed by atoms with E-state index < -0.39 is 51.4 Å². The molecule has 0 aliphatic carbocycles. The minimum Gasteiger partial charge on any atom is -0.507 e. The molecule has 186 valence electrons. The third-order valence-electron chi connectivity index (χ3n) is 5.84. The SMILES string of the molecule is COC(=O)C[C@@H](c1ccc(OC)cc1)c1c(O)cc(O)c2c(=O)c(O)c(-c3ccc(O)c(O)c3)oc12. The predicted molar refractivity (Wildman–Crippen MR) is 128 cm³/mol. The van der Waals surface area contributed by atoms with E-state index in [1.807, 2.05) is 0 Å². The first kappa shape index (κ1) is 24.3. The number of aromatic hydroxyl groups is 5. The van der Waals surface area contributed by atoms with E-state index in [4.69, 9.17) is 13.9 Å². The third kappa shape index (κ3) is 4.20. The summed E-state index contributed by atoms with van der Waals surface area (Å²) < 4.78 is 15.9. The Labute approximate surface area is 203 Å². The number of hydrogen-bond acceptors (Lipinski definition) is 10. The lowest BCUT2D eigenvalue weighted by atomic mass is 9.86. The van der Waals surface area contributed by atoms with Crippen molar-refractivity contribution in [2.45, 2.75) is 12.3 Å². The summed E-state index contributed by atoms with van der Waals surface area (Å²) >= 11 is 0. The van der Waals surface area contributed by atoms with Crippen LogP contribution < -0.4 is 10.2 Å². The number of benzene rings is 3. The molecule has 0 spiro atoms. The van der Waals surface area contributed by atoms with Gasteiger partial charge in [-0.25, -0.2) is 0 Å². The molecule has 0 amide bonds. The van der Waals surface area contributed by atoms with Crippen LogP contribution in [-0.2, 0) is 9.53 Å². The third-order valence-corrected chi connectivity index (χ3v) is 5.84. The summed E-state index contributed by atoms with van der Waals surface area (Å²) in [6, 6.07) is 11.0. The Kier molecular flexibility index (Phi) is 6.35. The summed E-state index contributed by atoms with van der Waals surface area (Å²) in [5.41, 5.74) is -0.751. The van der Waals surface area contributed by atoms with Crippen molar-refractivity contribution in [3.63, 3.8) is 0 Å². The van der Waals surface area contributed by atoms with Crippen LogP contribution in [0.5, 0.6) is 34.5 Å². The van der Waals surface area contributed by atoms with Crippen LogP contribution in [0.3, 0.4) is 0 Å². The predicted octanol–water partition coefficient (Wildman–Crippen LogP) is 3.69. The molecule has 4 aromatic rings. The van der Waals surface area contributed by atoms with Crippen molar-refractivity contribution in [3.05, 3.63) is 69.9 Å². The van der Waals surface area contributed by atoms with Gasteiger partial charge in [-0.1, -0.05) is 12.1 Å². The number of carbonyl (C=O) groups excluding carboxylic acids is 1. The first-order valence-electron chi connectivity index (χ1n) is 10.6. The number of carbonyl (C=O) groups is 1. The summed E-state index contributed by atoms with van der Waals surface area (Å²) in [6.07, 6.45) is -0.268. The number of fused-ring (bicyclic) bond motifs is 1. The van der Waals surface area contributed by atoms with Crippen LogP contribution in [0.4, 0.5) is 0 Å². The molecule has 0 radical (unpaired) electrons. The molecule has 0 aliphatic heterocycles. The zero-order chi connectivity index (χ0) is 26.1. The quantitative estimate of drug-likeness (QED) is 0.197. The Hall–Kier alpha value is -4.86. The molecule has 1 atom stereocenters. The van der Waals surface area contributed by atoms with E-state index in [1.165, 1.54) is 20.3 Å². The van der Waals surface area contributed by atoms with Crippen molar-refractivity contribution in [1.82, 2.24) is 0 Å². The van der Waals surface area contributed by atoms with E-state index >= 15 is 0 Å². The van der Waals surface area contributed by atoms with Gasteiger partial charge in [0.1, 0.15) is 28.2 Å². The highest BCUT2D eigenvalue weighted by atomic mass is 16.5. The van der Waals surface area contributed by atoms with E-state index in [2.05, 4.69) is 0 Å². The number of phenols is 4. The standard InChI is InChI=1S/C26H22O10/c1-34-14-6-3-12(4-7-14)15(10-20(31)35-2)21-18(29)11-19(30)22-23(32)24(33)25(36-26(21)22)13-5-8-16(27)17(28)9-13/h3-9,11,15,27-30,33H,10H2,1-2H3/t15-/m0/s1. The molecule has 0 aliphatic rings. The van der Waals surface area contributed by atoms with Crippen molar-refractivity contribution >= 4 is 16.9 Å². The van der Waals surface area contributed by atoms with Gasteiger partial charge in [0, 0.05) is 23.1 Å². The molecule has 5 N–H and O–H groups in total. The second kappa shape index (κ2) is 9.41. The molecule has 0 bridgehead atoms. The number of methoxy groups -OCH3 is 2. The number of hydrogen-bond donors (Lipinski definition) is 5. The fourth-order valence-corrected chi connectivity index (χ4v) is 4.01. The maximum absolute atomic E-state index is 13.1. The first-order chi connectivity index (χ1) is 17.2. The van der Waals surface area contributed by atoms with Crippen molar-refractivity contribution in [2.24, 2.45) is 0 Å². The average Bonchev–Trinajstić information content (AvgIpc) is 2.86. The molecule has 0 fully saturated rings. The van der Waals surface area contributed by atoms with Gasteiger partial charge in [0.15, 0.2) is 17.3 Å². The van der Waals surface area contributed by atoms with E-state index in [0.29, 0.717) is 11.3 Å². The van der Waals surface area contributed by atoms with Crippen LogP contribution in [0.25, 0.3) is 22.3 Å². The lowest BCUT2D eigenvalue weighted by molar-refractivity contribution is -0.140. The minimum atomic E-state index is -1.01. The molecule has 4 rings (SSSR count). The van der Waals surface area contributed by atoms with E-state index in [1.54, 1.807) is 24.3 Å². The second-order valence-electron chi connectivity index (χ2n) is 7.95. The number of esters is 1. The smallest absolute Gasteiger partial charge is 0.306 e. The Morgan fingerprint density at radius 3 is 2.19 bits per heavy atom. The summed E-state index contributed by atoms with van der Waals surface area (Å²) in [4.78, 5) is 25.4. The van der Waals surface area contributed by atoms with E-state index in [0.717, 1.165) is 18.2 Å². The van der Waals surface area contributed by atoms with Crippen molar-refractivity contribution in [3.8, 4) is 45.8 Å². The van der Waals surface area contributed by atoms with Gasteiger partial charge in [-0.2, -0.15) is 0 Å². The van der Waals surface area contributed by atoms with Gasteiger partial charge in [0.05, 0.1) is 20.6 Å². The highest BCUT2D eigenvalue weighted by molar-refractivity contribution is 5.92.